The molecule has 0 aromatic heterocycles. The molecule has 2 aromatic rings. The number of nitrogens with zero attached hydrogens (tertiary/aromatic N) is 1. The molecule has 0 atom stereocenters. The summed E-state index contributed by atoms with van der Waals surface area (Å²) < 4.78 is 0. The zero-order valence-electron chi connectivity index (χ0n) is 17.3. The van der Waals surface area contributed by atoms with E-state index >= 15 is 0 Å². The van der Waals surface area contributed by atoms with Gasteiger partial charge in [-0.3, -0.25) is 15.0 Å². The third kappa shape index (κ3) is 6.44. The zero-order valence-corrected chi connectivity index (χ0v) is 17.3. The van der Waals surface area contributed by atoms with Gasteiger partial charge in [0.25, 0.3) is 0 Å². The van der Waals surface area contributed by atoms with Gasteiger partial charge in [-0.2, -0.15) is 0 Å². The lowest BCUT2D eigenvalue weighted by atomic mass is 9.89. The van der Waals surface area contributed by atoms with Crippen LogP contribution in [0.1, 0.15) is 43.2 Å². The van der Waals surface area contributed by atoms with Crippen LogP contribution < -0.4 is 11.1 Å². The van der Waals surface area contributed by atoms with Crippen LogP contribution in [0.15, 0.2) is 54.6 Å². The molecular weight excluding hydrogens is 376 g/mol. The highest BCUT2D eigenvalue weighted by molar-refractivity contribution is 5.97. The summed E-state index contributed by atoms with van der Waals surface area (Å²) >= 11 is 0. The third-order valence-electron chi connectivity index (χ3n) is 5.57. The van der Waals surface area contributed by atoms with Crippen LogP contribution in [0.2, 0.25) is 0 Å². The number of hydrogen-bond acceptors (Lipinski definition) is 3. The van der Waals surface area contributed by atoms with E-state index in [1.807, 2.05) is 30.3 Å². The smallest absolute Gasteiger partial charge is 0.243 e. The first-order valence-electron chi connectivity index (χ1n) is 10.6. The molecule has 0 unspecified atom stereocenters. The molecule has 0 bridgehead atoms. The van der Waals surface area contributed by atoms with Crippen molar-refractivity contribution in [3.63, 3.8) is 0 Å². The number of carbonyl (C=O) groups is 2. The number of benzene rings is 2. The minimum atomic E-state index is -0.220. The lowest BCUT2D eigenvalue weighted by Crippen LogP contribution is -2.42. The molecule has 2 aromatic carbocycles. The van der Waals surface area contributed by atoms with Crippen LogP contribution in [0.5, 0.6) is 0 Å². The monoisotopic (exact) mass is 406 g/mol. The number of hydrogen-bond donors (Lipinski definition) is 3. The van der Waals surface area contributed by atoms with Crippen molar-refractivity contribution in [1.29, 1.82) is 5.41 Å². The standard InChI is InChI=1S/C24H30N4O2/c25-24(26)20-11-13-21(14-12-20)27-22(29)17-28(16-19-9-5-2-6-10-19)23(30)15-18-7-3-1-4-8-18/h1,3-4,7-8,11-14,19H,2,5-6,9-10,15-17H2,(H3,25,26)(H,27,29). The van der Waals surface area contributed by atoms with E-state index in [4.69, 9.17) is 11.1 Å². The number of anilines is 1. The van der Waals surface area contributed by atoms with Gasteiger partial charge in [-0.15, -0.1) is 0 Å². The van der Waals surface area contributed by atoms with Gasteiger partial charge >= 0.3 is 0 Å². The van der Waals surface area contributed by atoms with Gasteiger partial charge < -0.3 is 16.0 Å². The van der Waals surface area contributed by atoms with Crippen LogP contribution in [0.25, 0.3) is 0 Å². The fraction of sp³-hybridized carbons (Fsp3) is 0.375. The summed E-state index contributed by atoms with van der Waals surface area (Å²) in [6.07, 6.45) is 6.17. The third-order valence-corrected chi connectivity index (χ3v) is 5.57. The largest absolute Gasteiger partial charge is 0.384 e. The Morgan fingerprint density at radius 2 is 1.67 bits per heavy atom. The van der Waals surface area contributed by atoms with E-state index in [1.165, 1.54) is 19.3 Å². The quantitative estimate of drug-likeness (QED) is 0.462. The van der Waals surface area contributed by atoms with Crippen LogP contribution in [0.3, 0.4) is 0 Å². The summed E-state index contributed by atoms with van der Waals surface area (Å²) in [5, 5.41) is 10.3. The molecule has 6 heteroatoms. The molecule has 0 spiro atoms. The van der Waals surface area contributed by atoms with E-state index in [2.05, 4.69) is 5.32 Å². The van der Waals surface area contributed by atoms with Crippen molar-refractivity contribution in [1.82, 2.24) is 4.90 Å². The van der Waals surface area contributed by atoms with E-state index in [9.17, 15) is 9.59 Å². The molecule has 0 aliphatic heterocycles. The maximum Gasteiger partial charge on any atom is 0.243 e. The second-order valence-electron chi connectivity index (χ2n) is 7.98. The Balaban J connectivity index is 1.64. The fourth-order valence-electron chi connectivity index (χ4n) is 3.93. The molecule has 1 fully saturated rings. The summed E-state index contributed by atoms with van der Waals surface area (Å²) in [7, 11) is 0. The maximum atomic E-state index is 13.0. The zero-order chi connectivity index (χ0) is 21.3. The molecular formula is C24H30N4O2. The van der Waals surface area contributed by atoms with Crippen LogP contribution >= 0.6 is 0 Å². The Hall–Kier alpha value is -3.15. The molecule has 6 nitrogen and oxygen atoms in total. The maximum absolute atomic E-state index is 13.0. The van der Waals surface area contributed by atoms with Crippen molar-refractivity contribution in [2.24, 2.45) is 11.7 Å². The van der Waals surface area contributed by atoms with Crippen molar-refractivity contribution in [2.75, 3.05) is 18.4 Å². The second kappa shape index (κ2) is 10.6. The first-order valence-corrected chi connectivity index (χ1v) is 10.6. The number of amides is 2. The molecule has 3 rings (SSSR count). The number of nitrogen functional groups attached to an aromatic ring is 1. The van der Waals surface area contributed by atoms with Gasteiger partial charge in [0.05, 0.1) is 13.0 Å². The van der Waals surface area contributed by atoms with Gasteiger partial charge in [-0.25, -0.2) is 0 Å². The van der Waals surface area contributed by atoms with Crippen molar-refractivity contribution < 1.29 is 9.59 Å². The summed E-state index contributed by atoms with van der Waals surface area (Å²) in [5.74, 6) is 0.204. The van der Waals surface area contributed by atoms with Crippen molar-refractivity contribution in [3.05, 3.63) is 65.7 Å². The van der Waals surface area contributed by atoms with Crippen molar-refractivity contribution >= 4 is 23.3 Å². The number of rotatable bonds is 8. The fourth-order valence-corrected chi connectivity index (χ4v) is 3.93. The lowest BCUT2D eigenvalue weighted by Gasteiger charge is -2.29. The summed E-state index contributed by atoms with van der Waals surface area (Å²) in [4.78, 5) is 27.4. The molecule has 1 saturated carbocycles. The van der Waals surface area contributed by atoms with E-state index in [1.54, 1.807) is 29.2 Å². The van der Waals surface area contributed by atoms with E-state index in [-0.39, 0.29) is 24.2 Å². The number of nitrogens with one attached hydrogen (secondary N) is 2. The van der Waals surface area contributed by atoms with E-state index < -0.39 is 0 Å². The summed E-state index contributed by atoms with van der Waals surface area (Å²) in [5.41, 5.74) is 7.65. The Morgan fingerprint density at radius 3 is 2.30 bits per heavy atom. The van der Waals surface area contributed by atoms with Crippen molar-refractivity contribution in [3.8, 4) is 0 Å². The first-order chi connectivity index (χ1) is 14.5. The molecule has 0 radical (unpaired) electrons. The minimum Gasteiger partial charge on any atom is -0.384 e. The molecule has 0 saturated heterocycles. The number of amidine groups is 1. The van der Waals surface area contributed by atoms with Gasteiger partial charge in [-0.1, -0.05) is 49.6 Å². The predicted molar refractivity (Wildman–Crippen MR) is 119 cm³/mol. The highest BCUT2D eigenvalue weighted by Crippen LogP contribution is 2.24. The normalized spacial score (nSPS) is 14.1. The highest BCUT2D eigenvalue weighted by Gasteiger charge is 2.23. The minimum absolute atomic E-state index is 0.0157. The predicted octanol–water partition coefficient (Wildman–Crippen LogP) is 3.56. The van der Waals surface area contributed by atoms with Gasteiger partial charge in [0.15, 0.2) is 0 Å². The molecule has 30 heavy (non-hydrogen) atoms. The average molecular weight is 407 g/mol. The van der Waals surface area contributed by atoms with Crippen LogP contribution in [-0.4, -0.2) is 35.6 Å². The van der Waals surface area contributed by atoms with Gasteiger partial charge in [0.1, 0.15) is 5.84 Å². The Labute approximate surface area is 178 Å². The summed E-state index contributed by atoms with van der Waals surface area (Å²) in [6, 6.07) is 16.5. The Bertz CT molecular complexity index is 859. The van der Waals surface area contributed by atoms with Crippen molar-refractivity contribution in [2.45, 2.75) is 38.5 Å². The summed E-state index contributed by atoms with van der Waals surface area (Å²) in [6.45, 7) is 0.666. The lowest BCUT2D eigenvalue weighted by molar-refractivity contribution is -0.134. The van der Waals surface area contributed by atoms with E-state index in [0.717, 1.165) is 18.4 Å². The molecule has 1 aliphatic carbocycles. The Morgan fingerprint density at radius 1 is 1.00 bits per heavy atom. The number of carbonyl (C=O) groups excluding carboxylic acids is 2. The van der Waals surface area contributed by atoms with Crippen LogP contribution in [-0.2, 0) is 16.0 Å². The second-order valence-corrected chi connectivity index (χ2v) is 7.98. The topological polar surface area (TPSA) is 99.3 Å². The molecule has 158 valence electrons. The molecule has 1 aliphatic rings. The van der Waals surface area contributed by atoms with Crippen LogP contribution in [0, 0.1) is 11.3 Å². The van der Waals surface area contributed by atoms with E-state index in [0.29, 0.717) is 30.1 Å². The average Bonchev–Trinajstić information content (AvgIpc) is 2.75. The van der Waals surface area contributed by atoms with Gasteiger partial charge in [0, 0.05) is 17.8 Å². The van der Waals surface area contributed by atoms with Gasteiger partial charge in [-0.05, 0) is 48.6 Å². The SMILES string of the molecule is N=C(N)c1ccc(NC(=O)CN(CC2CCCCC2)C(=O)Cc2ccccc2)cc1. The number of nitrogens with two attached hydrogens (primary N) is 1. The van der Waals surface area contributed by atoms with Gasteiger partial charge in [0.2, 0.25) is 11.8 Å². The highest BCUT2D eigenvalue weighted by atomic mass is 16.2. The Kier molecular flexibility index (Phi) is 7.60. The molecule has 2 amide bonds. The molecule has 0 heterocycles. The first kappa shape index (κ1) is 21.6. The molecule has 4 N–H and O–H groups in total. The van der Waals surface area contributed by atoms with Crippen LogP contribution in [0.4, 0.5) is 5.69 Å².